The van der Waals surface area contributed by atoms with Crippen molar-refractivity contribution >= 4 is 28.2 Å². The van der Waals surface area contributed by atoms with Crippen LogP contribution < -0.4 is 10.6 Å². The largest absolute Gasteiger partial charge is 0.349 e. The van der Waals surface area contributed by atoms with E-state index in [4.69, 9.17) is 0 Å². The molecule has 136 valence electrons. The average molecular weight is 369 g/mol. The van der Waals surface area contributed by atoms with Gasteiger partial charge in [-0.1, -0.05) is 12.8 Å². The quantitative estimate of drug-likeness (QED) is 0.857. The minimum atomic E-state index is -0.216. The molecule has 2 N–H and O–H groups in total. The molecule has 2 amide bonds. The van der Waals surface area contributed by atoms with Crippen LogP contribution in [0.3, 0.4) is 0 Å². The number of pyridine rings is 1. The second-order valence-corrected chi connectivity index (χ2v) is 8.17. The Bertz CT molecular complexity index is 810. The first kappa shape index (κ1) is 17.2. The molecule has 6 heteroatoms. The smallest absolute Gasteiger partial charge is 0.257 e. The number of hydrogen-bond acceptors (Lipinski definition) is 4. The number of carbonyl (C=O) groups excluding carboxylic acids is 2. The summed E-state index contributed by atoms with van der Waals surface area (Å²) in [5.41, 5.74) is 2.33. The number of nitrogens with zero attached hydrogens (tertiary/aromatic N) is 1. The van der Waals surface area contributed by atoms with E-state index in [1.807, 2.05) is 0 Å². The lowest BCUT2D eigenvalue weighted by Crippen LogP contribution is -2.33. The number of aryl methyl sites for hydroxylation is 1. The van der Waals surface area contributed by atoms with Gasteiger partial charge in [0.2, 0.25) is 0 Å². The normalized spacial score (nSPS) is 16.9. The molecule has 1 fully saturated rings. The van der Waals surface area contributed by atoms with Gasteiger partial charge in [0, 0.05) is 23.3 Å². The fourth-order valence-corrected chi connectivity index (χ4v) is 5.18. The van der Waals surface area contributed by atoms with Crippen molar-refractivity contribution in [2.75, 3.05) is 5.32 Å². The lowest BCUT2D eigenvalue weighted by atomic mass is 9.95. The highest BCUT2D eigenvalue weighted by Gasteiger charge is 2.28. The fraction of sp³-hybridized carbons (Fsp3) is 0.450. The molecule has 2 heterocycles. The van der Waals surface area contributed by atoms with Gasteiger partial charge in [0.1, 0.15) is 5.00 Å². The Hall–Kier alpha value is -2.21. The summed E-state index contributed by atoms with van der Waals surface area (Å²) in [5, 5.41) is 6.84. The van der Waals surface area contributed by atoms with Crippen LogP contribution >= 0.6 is 11.3 Å². The number of aromatic nitrogens is 1. The highest BCUT2D eigenvalue weighted by atomic mass is 32.1. The van der Waals surface area contributed by atoms with E-state index >= 15 is 0 Å². The molecule has 1 saturated carbocycles. The zero-order valence-corrected chi connectivity index (χ0v) is 15.5. The van der Waals surface area contributed by atoms with Gasteiger partial charge in [-0.05, 0) is 56.2 Å². The molecule has 0 aliphatic heterocycles. The van der Waals surface area contributed by atoms with E-state index in [2.05, 4.69) is 15.6 Å². The Labute approximate surface area is 157 Å². The van der Waals surface area contributed by atoms with E-state index in [9.17, 15) is 9.59 Å². The first-order valence-corrected chi connectivity index (χ1v) is 10.2. The summed E-state index contributed by atoms with van der Waals surface area (Å²) in [6.07, 6.45) is 11.8. The number of rotatable bonds is 4. The van der Waals surface area contributed by atoms with Gasteiger partial charge in [-0.25, -0.2) is 0 Å². The number of carbonyl (C=O) groups is 2. The summed E-state index contributed by atoms with van der Waals surface area (Å²) in [4.78, 5) is 30.8. The molecule has 0 bridgehead atoms. The number of amides is 2. The van der Waals surface area contributed by atoms with Crippen LogP contribution in [0, 0.1) is 0 Å². The van der Waals surface area contributed by atoms with Crippen molar-refractivity contribution in [1.82, 2.24) is 10.3 Å². The van der Waals surface area contributed by atoms with E-state index in [0.29, 0.717) is 16.1 Å². The van der Waals surface area contributed by atoms with Crippen LogP contribution in [0.1, 0.15) is 69.7 Å². The molecule has 26 heavy (non-hydrogen) atoms. The van der Waals surface area contributed by atoms with Gasteiger partial charge in [0.05, 0.1) is 11.1 Å². The third-order valence-corrected chi connectivity index (χ3v) is 6.45. The Morgan fingerprint density at radius 3 is 2.65 bits per heavy atom. The summed E-state index contributed by atoms with van der Waals surface area (Å²) in [5.74, 6) is -0.246. The Kier molecular flexibility index (Phi) is 5.02. The zero-order chi connectivity index (χ0) is 17.9. The van der Waals surface area contributed by atoms with Crippen molar-refractivity contribution in [1.29, 1.82) is 0 Å². The number of fused-ring (bicyclic) bond motifs is 1. The second-order valence-electron chi connectivity index (χ2n) is 7.07. The van der Waals surface area contributed by atoms with Crippen LogP contribution in [0.2, 0.25) is 0 Å². The average Bonchev–Trinajstić information content (AvgIpc) is 3.29. The third-order valence-electron chi connectivity index (χ3n) is 5.24. The molecule has 4 rings (SSSR count). The standard InChI is InChI=1S/C20H23N3O2S/c24-18(13-6-5-11-21-12-13)23-20-17(15-9-3-4-10-16(15)26-20)19(25)22-14-7-1-2-8-14/h5-6,11-12,14H,1-4,7-10H2,(H,22,25)(H,23,24). The molecule has 2 aromatic rings. The maximum Gasteiger partial charge on any atom is 0.257 e. The zero-order valence-electron chi connectivity index (χ0n) is 14.7. The topological polar surface area (TPSA) is 71.1 Å². The van der Waals surface area contributed by atoms with E-state index in [0.717, 1.165) is 44.1 Å². The number of thiophene rings is 1. The number of anilines is 1. The van der Waals surface area contributed by atoms with Crippen molar-refractivity contribution in [3.8, 4) is 0 Å². The van der Waals surface area contributed by atoms with Crippen LogP contribution in [0.15, 0.2) is 24.5 Å². The third kappa shape index (κ3) is 3.51. The van der Waals surface area contributed by atoms with Gasteiger partial charge in [-0.3, -0.25) is 14.6 Å². The van der Waals surface area contributed by atoms with E-state index in [-0.39, 0.29) is 17.9 Å². The van der Waals surface area contributed by atoms with Gasteiger partial charge in [-0.2, -0.15) is 0 Å². The molecule has 0 radical (unpaired) electrons. The van der Waals surface area contributed by atoms with E-state index in [1.54, 1.807) is 35.9 Å². The Morgan fingerprint density at radius 2 is 1.88 bits per heavy atom. The lowest BCUT2D eigenvalue weighted by molar-refractivity contribution is 0.0938. The maximum atomic E-state index is 13.0. The Morgan fingerprint density at radius 1 is 1.08 bits per heavy atom. The molecule has 0 spiro atoms. The van der Waals surface area contributed by atoms with Crippen LogP contribution in [0.25, 0.3) is 0 Å². The summed E-state index contributed by atoms with van der Waals surface area (Å²) < 4.78 is 0. The SMILES string of the molecule is O=C(Nc1sc2c(c1C(=O)NC1CCCC1)CCCC2)c1cccnc1. The van der Waals surface area contributed by atoms with Gasteiger partial charge in [0.25, 0.3) is 11.8 Å². The van der Waals surface area contributed by atoms with Crippen molar-refractivity contribution < 1.29 is 9.59 Å². The summed E-state index contributed by atoms with van der Waals surface area (Å²) in [7, 11) is 0. The first-order chi connectivity index (χ1) is 12.7. The monoisotopic (exact) mass is 369 g/mol. The molecular weight excluding hydrogens is 346 g/mol. The van der Waals surface area contributed by atoms with Crippen molar-refractivity contribution in [3.05, 3.63) is 46.1 Å². The van der Waals surface area contributed by atoms with Gasteiger partial charge >= 0.3 is 0 Å². The molecule has 5 nitrogen and oxygen atoms in total. The molecule has 0 atom stereocenters. The van der Waals surface area contributed by atoms with E-state index < -0.39 is 0 Å². The van der Waals surface area contributed by atoms with Crippen molar-refractivity contribution in [2.24, 2.45) is 0 Å². The van der Waals surface area contributed by atoms with Crippen LogP contribution in [0.4, 0.5) is 5.00 Å². The first-order valence-electron chi connectivity index (χ1n) is 9.39. The van der Waals surface area contributed by atoms with Crippen LogP contribution in [0.5, 0.6) is 0 Å². The molecule has 0 saturated heterocycles. The molecule has 2 aromatic heterocycles. The summed E-state index contributed by atoms with van der Waals surface area (Å²) in [6, 6.07) is 3.74. The predicted octanol–water partition coefficient (Wildman–Crippen LogP) is 3.95. The van der Waals surface area contributed by atoms with Crippen molar-refractivity contribution in [3.63, 3.8) is 0 Å². The lowest BCUT2D eigenvalue weighted by Gasteiger charge is -2.16. The fourth-order valence-electron chi connectivity index (χ4n) is 3.89. The molecule has 2 aliphatic rings. The molecular formula is C20H23N3O2S. The minimum Gasteiger partial charge on any atom is -0.349 e. The van der Waals surface area contributed by atoms with Crippen LogP contribution in [-0.2, 0) is 12.8 Å². The van der Waals surface area contributed by atoms with Crippen LogP contribution in [-0.4, -0.2) is 22.8 Å². The number of nitrogens with one attached hydrogen (secondary N) is 2. The van der Waals surface area contributed by atoms with Gasteiger partial charge in [0.15, 0.2) is 0 Å². The molecule has 2 aliphatic carbocycles. The highest BCUT2D eigenvalue weighted by Crippen LogP contribution is 2.38. The maximum absolute atomic E-state index is 13.0. The predicted molar refractivity (Wildman–Crippen MR) is 103 cm³/mol. The number of hydrogen-bond donors (Lipinski definition) is 2. The van der Waals surface area contributed by atoms with Gasteiger partial charge in [-0.15, -0.1) is 11.3 Å². The molecule has 0 aromatic carbocycles. The van der Waals surface area contributed by atoms with Crippen molar-refractivity contribution in [2.45, 2.75) is 57.4 Å². The Balaban J connectivity index is 1.61. The highest BCUT2D eigenvalue weighted by molar-refractivity contribution is 7.17. The van der Waals surface area contributed by atoms with E-state index in [1.165, 1.54) is 17.7 Å². The minimum absolute atomic E-state index is 0.0298. The molecule has 0 unspecified atom stereocenters. The second kappa shape index (κ2) is 7.58. The summed E-state index contributed by atoms with van der Waals surface area (Å²) >= 11 is 1.56. The summed E-state index contributed by atoms with van der Waals surface area (Å²) in [6.45, 7) is 0. The van der Waals surface area contributed by atoms with Gasteiger partial charge < -0.3 is 10.6 Å².